The summed E-state index contributed by atoms with van der Waals surface area (Å²) in [5.74, 6) is 0.241. The van der Waals surface area contributed by atoms with Crippen molar-refractivity contribution in [2.24, 2.45) is 10.4 Å². The first-order valence-electron chi connectivity index (χ1n) is 9.99. The van der Waals surface area contributed by atoms with Crippen LogP contribution in [0, 0.1) is 5.41 Å². The minimum Gasteiger partial charge on any atom is -0.385 e. The largest absolute Gasteiger partial charge is 0.385 e. The van der Waals surface area contributed by atoms with Crippen LogP contribution in [-0.4, -0.2) is 63.1 Å². The van der Waals surface area contributed by atoms with Crippen molar-refractivity contribution in [3.8, 4) is 0 Å². The average Bonchev–Trinajstić information content (AvgIpc) is 3.28. The van der Waals surface area contributed by atoms with Crippen LogP contribution in [0.1, 0.15) is 52.8 Å². The van der Waals surface area contributed by atoms with Crippen molar-refractivity contribution in [2.75, 3.05) is 40.4 Å². The van der Waals surface area contributed by atoms with Crippen molar-refractivity contribution in [1.82, 2.24) is 15.5 Å². The third-order valence-electron chi connectivity index (χ3n) is 5.86. The summed E-state index contributed by atoms with van der Waals surface area (Å²) >= 11 is 0. The molecular weight excluding hydrogens is 483 g/mol. The highest BCUT2D eigenvalue weighted by atomic mass is 127. The normalized spacial score (nSPS) is 17.9. The Morgan fingerprint density at radius 2 is 1.76 bits per heavy atom. The predicted octanol–water partition coefficient (Wildman–Crippen LogP) is 2.66. The summed E-state index contributed by atoms with van der Waals surface area (Å²) < 4.78 is 5.29. The van der Waals surface area contributed by atoms with Gasteiger partial charge in [0.2, 0.25) is 0 Å². The molecule has 1 aliphatic carbocycles. The lowest BCUT2D eigenvalue weighted by Crippen LogP contribution is -2.46. The van der Waals surface area contributed by atoms with Gasteiger partial charge in [-0.25, -0.2) is 0 Å². The smallest absolute Gasteiger partial charge is 0.261 e. The Morgan fingerprint density at radius 3 is 2.31 bits per heavy atom. The molecule has 0 saturated heterocycles. The number of benzene rings is 1. The Hall–Kier alpha value is -1.68. The molecule has 29 heavy (non-hydrogen) atoms. The van der Waals surface area contributed by atoms with Crippen LogP contribution in [0.25, 0.3) is 0 Å². The number of methoxy groups -OCH3 is 1. The Kier molecular flexibility index (Phi) is 8.88. The van der Waals surface area contributed by atoms with E-state index in [-0.39, 0.29) is 41.2 Å². The van der Waals surface area contributed by atoms with Gasteiger partial charge in [-0.2, -0.15) is 0 Å². The molecule has 1 aliphatic heterocycles. The highest BCUT2D eigenvalue weighted by molar-refractivity contribution is 14.0. The second kappa shape index (κ2) is 10.9. The van der Waals surface area contributed by atoms with Crippen molar-refractivity contribution in [3.05, 3.63) is 35.4 Å². The lowest BCUT2D eigenvalue weighted by molar-refractivity contribution is 0.0657. The minimum atomic E-state index is -0.227. The molecule has 0 bridgehead atoms. The van der Waals surface area contributed by atoms with E-state index in [2.05, 4.69) is 15.6 Å². The van der Waals surface area contributed by atoms with E-state index < -0.39 is 0 Å². The summed E-state index contributed by atoms with van der Waals surface area (Å²) in [6.07, 6.45) is 5.97. The number of halogens is 1. The molecule has 8 heteroatoms. The third-order valence-corrected chi connectivity index (χ3v) is 5.86. The van der Waals surface area contributed by atoms with Crippen molar-refractivity contribution >= 4 is 41.8 Å². The van der Waals surface area contributed by atoms with Gasteiger partial charge < -0.3 is 15.4 Å². The van der Waals surface area contributed by atoms with E-state index in [0.29, 0.717) is 30.2 Å². The maximum Gasteiger partial charge on any atom is 0.261 e. The third kappa shape index (κ3) is 5.48. The van der Waals surface area contributed by atoms with Crippen LogP contribution in [-0.2, 0) is 4.74 Å². The molecule has 2 amide bonds. The molecule has 0 spiro atoms. The van der Waals surface area contributed by atoms with Crippen LogP contribution in [0.4, 0.5) is 0 Å². The zero-order chi connectivity index (χ0) is 20.0. The molecule has 0 radical (unpaired) electrons. The fraction of sp³-hybridized carbons (Fsp3) is 0.571. The first kappa shape index (κ1) is 23.6. The monoisotopic (exact) mass is 514 g/mol. The summed E-state index contributed by atoms with van der Waals surface area (Å²) in [4.78, 5) is 30.4. The van der Waals surface area contributed by atoms with Gasteiger partial charge in [-0.1, -0.05) is 25.0 Å². The standard InChI is InChI=1S/C21H30N4O3.HI/c1-22-20(24-15-21(11-14-28-2)9-5-6-10-21)23-12-13-25-18(26)16-7-3-4-8-17(16)19(25)27;/h3-4,7-8H,5-6,9-15H2,1-2H3,(H2,22,23,24);1H. The SMILES string of the molecule is CN=C(NCCN1C(=O)c2ccccc2C1=O)NCC1(CCOC)CCCC1.I. The Labute approximate surface area is 189 Å². The number of ether oxygens (including phenoxy) is 1. The molecule has 1 heterocycles. The predicted molar refractivity (Wildman–Crippen MR) is 124 cm³/mol. The lowest BCUT2D eigenvalue weighted by Gasteiger charge is -2.30. The molecule has 160 valence electrons. The van der Waals surface area contributed by atoms with Gasteiger partial charge in [-0.15, -0.1) is 24.0 Å². The zero-order valence-electron chi connectivity index (χ0n) is 17.2. The van der Waals surface area contributed by atoms with E-state index in [0.717, 1.165) is 19.6 Å². The van der Waals surface area contributed by atoms with Crippen LogP contribution < -0.4 is 10.6 Å². The highest BCUT2D eigenvalue weighted by Gasteiger charge is 2.35. The number of amides is 2. The molecule has 0 aromatic heterocycles. The molecule has 1 fully saturated rings. The van der Waals surface area contributed by atoms with Gasteiger partial charge in [0.05, 0.1) is 11.1 Å². The second-order valence-corrected chi connectivity index (χ2v) is 7.61. The minimum absolute atomic E-state index is 0. The van der Waals surface area contributed by atoms with Crippen LogP contribution in [0.5, 0.6) is 0 Å². The summed E-state index contributed by atoms with van der Waals surface area (Å²) in [6.45, 7) is 2.38. The molecule has 2 aliphatic rings. The average molecular weight is 514 g/mol. The van der Waals surface area contributed by atoms with Gasteiger partial charge in [0, 0.05) is 40.4 Å². The van der Waals surface area contributed by atoms with E-state index in [1.54, 1.807) is 38.4 Å². The van der Waals surface area contributed by atoms with E-state index in [1.807, 2.05) is 0 Å². The number of hydrogen-bond acceptors (Lipinski definition) is 4. The molecule has 3 rings (SSSR count). The number of imide groups is 1. The van der Waals surface area contributed by atoms with Gasteiger partial charge in [0.25, 0.3) is 11.8 Å². The van der Waals surface area contributed by atoms with Crippen molar-refractivity contribution in [3.63, 3.8) is 0 Å². The number of rotatable bonds is 8. The number of hydrogen-bond donors (Lipinski definition) is 2. The summed E-state index contributed by atoms with van der Waals surface area (Å²) in [5, 5.41) is 6.64. The maximum absolute atomic E-state index is 12.4. The molecule has 7 nitrogen and oxygen atoms in total. The summed E-state index contributed by atoms with van der Waals surface area (Å²) in [7, 11) is 3.48. The molecular formula is C21H31IN4O3. The molecule has 0 unspecified atom stereocenters. The van der Waals surface area contributed by atoms with E-state index in [4.69, 9.17) is 4.74 Å². The van der Waals surface area contributed by atoms with Gasteiger partial charge in [-0.3, -0.25) is 19.5 Å². The Morgan fingerprint density at radius 1 is 1.14 bits per heavy atom. The first-order chi connectivity index (χ1) is 13.6. The van der Waals surface area contributed by atoms with Gasteiger partial charge in [-0.05, 0) is 36.8 Å². The Balaban J connectivity index is 0.00000300. The molecule has 1 saturated carbocycles. The number of carbonyl (C=O) groups is 2. The lowest BCUT2D eigenvalue weighted by atomic mass is 9.83. The number of guanidine groups is 1. The molecule has 1 aromatic carbocycles. The number of fused-ring (bicyclic) bond motifs is 1. The van der Waals surface area contributed by atoms with Crippen molar-refractivity contribution in [2.45, 2.75) is 32.1 Å². The fourth-order valence-electron chi connectivity index (χ4n) is 4.18. The molecule has 2 N–H and O–H groups in total. The van der Waals surface area contributed by atoms with Crippen LogP contribution >= 0.6 is 24.0 Å². The maximum atomic E-state index is 12.4. The van der Waals surface area contributed by atoms with E-state index >= 15 is 0 Å². The van der Waals surface area contributed by atoms with Crippen molar-refractivity contribution < 1.29 is 14.3 Å². The number of carbonyl (C=O) groups excluding carboxylic acids is 2. The molecule has 0 atom stereocenters. The number of nitrogens with one attached hydrogen (secondary N) is 2. The molecule has 1 aromatic rings. The van der Waals surface area contributed by atoms with Gasteiger partial charge >= 0.3 is 0 Å². The van der Waals surface area contributed by atoms with Crippen LogP contribution in [0.2, 0.25) is 0 Å². The quantitative estimate of drug-likeness (QED) is 0.241. The van der Waals surface area contributed by atoms with Crippen molar-refractivity contribution in [1.29, 1.82) is 0 Å². The Bertz CT molecular complexity index is 712. The summed E-state index contributed by atoms with van der Waals surface area (Å²) in [5.41, 5.74) is 1.23. The fourth-order valence-corrected chi connectivity index (χ4v) is 4.18. The van der Waals surface area contributed by atoms with Gasteiger partial charge in [0.1, 0.15) is 0 Å². The van der Waals surface area contributed by atoms with E-state index in [9.17, 15) is 9.59 Å². The first-order valence-corrected chi connectivity index (χ1v) is 9.99. The summed E-state index contributed by atoms with van der Waals surface area (Å²) in [6, 6.07) is 6.95. The van der Waals surface area contributed by atoms with Gasteiger partial charge in [0.15, 0.2) is 5.96 Å². The van der Waals surface area contributed by atoms with E-state index in [1.165, 1.54) is 30.6 Å². The van der Waals surface area contributed by atoms with Crippen LogP contribution in [0.15, 0.2) is 29.3 Å². The zero-order valence-corrected chi connectivity index (χ0v) is 19.5. The second-order valence-electron chi connectivity index (χ2n) is 7.61. The highest BCUT2D eigenvalue weighted by Crippen LogP contribution is 2.40. The topological polar surface area (TPSA) is 83.0 Å². The van der Waals surface area contributed by atoms with Crippen LogP contribution in [0.3, 0.4) is 0 Å². The number of aliphatic imine (C=N–C) groups is 1. The number of nitrogens with zero attached hydrogens (tertiary/aromatic N) is 2.